The lowest BCUT2D eigenvalue weighted by atomic mass is 10.1. The van der Waals surface area contributed by atoms with Crippen LogP contribution in [-0.2, 0) is 4.79 Å². The summed E-state index contributed by atoms with van der Waals surface area (Å²) >= 11 is 0. The van der Waals surface area contributed by atoms with Crippen molar-refractivity contribution in [2.75, 3.05) is 0 Å². The molecule has 0 aliphatic heterocycles. The molecule has 0 saturated carbocycles. The van der Waals surface area contributed by atoms with Crippen LogP contribution in [0, 0.1) is 0 Å². The zero-order valence-corrected chi connectivity index (χ0v) is 9.69. The van der Waals surface area contributed by atoms with E-state index in [0.29, 0.717) is 5.56 Å². The minimum atomic E-state index is -0.388. The first-order valence-electron chi connectivity index (χ1n) is 5.04. The lowest BCUT2D eigenvalue weighted by molar-refractivity contribution is -0.116. The average molecular weight is 220 g/mol. The Morgan fingerprint density at radius 1 is 1.25 bits per heavy atom. The second-order valence-electron chi connectivity index (χ2n) is 4.52. The van der Waals surface area contributed by atoms with Crippen LogP contribution in [0.1, 0.15) is 26.3 Å². The molecule has 1 aromatic rings. The summed E-state index contributed by atoms with van der Waals surface area (Å²) in [6.45, 7) is 5.60. The smallest absolute Gasteiger partial charge is 0.274 e. The number of carbonyl (C=O) groups excluding carboxylic acids is 1. The van der Waals surface area contributed by atoms with Gasteiger partial charge in [-0.25, -0.2) is 0 Å². The van der Waals surface area contributed by atoms with Gasteiger partial charge in [-0.05, 0) is 20.8 Å². The lowest BCUT2D eigenvalue weighted by Gasteiger charge is -2.20. The van der Waals surface area contributed by atoms with Crippen molar-refractivity contribution in [2.45, 2.75) is 26.3 Å². The van der Waals surface area contributed by atoms with Gasteiger partial charge < -0.3 is 10.5 Å². The van der Waals surface area contributed by atoms with E-state index in [1.807, 2.05) is 26.8 Å². The number of rotatable bonds is 2. The van der Waals surface area contributed by atoms with E-state index >= 15 is 0 Å². The SMILES string of the molecule is CC(C)(C)NC(=O)/C(=N\O)c1ccccc1. The molecule has 0 atom stereocenters. The van der Waals surface area contributed by atoms with Gasteiger partial charge in [-0.2, -0.15) is 0 Å². The van der Waals surface area contributed by atoms with Crippen molar-refractivity contribution in [1.82, 2.24) is 5.32 Å². The third-order valence-electron chi connectivity index (χ3n) is 1.85. The fraction of sp³-hybridized carbons (Fsp3) is 0.333. The van der Waals surface area contributed by atoms with E-state index < -0.39 is 0 Å². The Morgan fingerprint density at radius 2 is 1.81 bits per heavy atom. The molecular formula is C12H16N2O2. The minimum Gasteiger partial charge on any atom is -0.410 e. The number of benzene rings is 1. The van der Waals surface area contributed by atoms with Gasteiger partial charge in [-0.15, -0.1) is 0 Å². The van der Waals surface area contributed by atoms with Crippen molar-refractivity contribution >= 4 is 11.6 Å². The van der Waals surface area contributed by atoms with Crippen molar-refractivity contribution in [1.29, 1.82) is 0 Å². The molecule has 0 heterocycles. The van der Waals surface area contributed by atoms with Gasteiger partial charge in [-0.3, -0.25) is 4.79 Å². The fourth-order valence-electron chi connectivity index (χ4n) is 1.23. The predicted molar refractivity (Wildman–Crippen MR) is 62.7 cm³/mol. The van der Waals surface area contributed by atoms with Crippen LogP contribution < -0.4 is 5.32 Å². The quantitative estimate of drug-likeness (QED) is 0.453. The lowest BCUT2D eigenvalue weighted by Crippen LogP contribution is -2.44. The highest BCUT2D eigenvalue weighted by molar-refractivity contribution is 6.45. The highest BCUT2D eigenvalue weighted by Crippen LogP contribution is 2.04. The second-order valence-corrected chi connectivity index (χ2v) is 4.52. The topological polar surface area (TPSA) is 61.7 Å². The van der Waals surface area contributed by atoms with E-state index in [1.165, 1.54) is 0 Å². The van der Waals surface area contributed by atoms with E-state index in [1.54, 1.807) is 24.3 Å². The molecular weight excluding hydrogens is 204 g/mol. The number of hydrogen-bond donors (Lipinski definition) is 2. The van der Waals surface area contributed by atoms with E-state index in [2.05, 4.69) is 10.5 Å². The summed E-state index contributed by atoms with van der Waals surface area (Å²) in [5.41, 5.74) is 0.254. The molecule has 0 aliphatic carbocycles. The Kier molecular flexibility index (Phi) is 3.66. The normalized spacial score (nSPS) is 12.3. The van der Waals surface area contributed by atoms with E-state index in [0.717, 1.165) is 0 Å². The molecule has 2 N–H and O–H groups in total. The molecule has 0 bridgehead atoms. The van der Waals surface area contributed by atoms with Gasteiger partial charge >= 0.3 is 0 Å². The molecule has 86 valence electrons. The maximum atomic E-state index is 11.8. The standard InChI is InChI=1S/C12H16N2O2/c1-12(2,3)13-11(15)10(14-16)9-7-5-4-6-8-9/h4-8,16H,1-3H3,(H,13,15)/b14-10-. The minimum absolute atomic E-state index is 0.0236. The molecule has 1 rings (SSSR count). The summed E-state index contributed by atoms with van der Waals surface area (Å²) in [7, 11) is 0. The Bertz CT molecular complexity index is 391. The van der Waals surface area contributed by atoms with Crippen molar-refractivity contribution in [2.24, 2.45) is 5.16 Å². The van der Waals surface area contributed by atoms with Crippen molar-refractivity contribution in [3.8, 4) is 0 Å². The van der Waals surface area contributed by atoms with Crippen LogP contribution in [-0.4, -0.2) is 22.4 Å². The third-order valence-corrected chi connectivity index (χ3v) is 1.85. The number of amides is 1. The van der Waals surface area contributed by atoms with E-state index in [4.69, 9.17) is 5.21 Å². The van der Waals surface area contributed by atoms with Gasteiger partial charge in [0.1, 0.15) is 0 Å². The molecule has 0 radical (unpaired) electrons. The summed E-state index contributed by atoms with van der Waals surface area (Å²) in [5, 5.41) is 14.7. The molecule has 0 aliphatic rings. The zero-order chi connectivity index (χ0) is 12.2. The highest BCUT2D eigenvalue weighted by atomic mass is 16.4. The monoisotopic (exact) mass is 220 g/mol. The molecule has 0 fully saturated rings. The number of nitrogens with zero attached hydrogens (tertiary/aromatic N) is 1. The van der Waals surface area contributed by atoms with Crippen LogP contribution in [0.4, 0.5) is 0 Å². The number of hydrogen-bond acceptors (Lipinski definition) is 3. The highest BCUT2D eigenvalue weighted by Gasteiger charge is 2.20. The summed E-state index contributed by atoms with van der Waals surface area (Å²) < 4.78 is 0. The Morgan fingerprint density at radius 3 is 2.25 bits per heavy atom. The molecule has 0 saturated heterocycles. The van der Waals surface area contributed by atoms with Crippen LogP contribution in [0.25, 0.3) is 0 Å². The Labute approximate surface area is 95.0 Å². The van der Waals surface area contributed by atoms with Crippen LogP contribution in [0.15, 0.2) is 35.5 Å². The molecule has 0 unspecified atom stereocenters. The first kappa shape index (κ1) is 12.2. The van der Waals surface area contributed by atoms with Gasteiger partial charge in [0.25, 0.3) is 5.91 Å². The molecule has 1 aromatic carbocycles. The molecule has 0 spiro atoms. The van der Waals surface area contributed by atoms with Crippen molar-refractivity contribution in [3.63, 3.8) is 0 Å². The summed E-state index contributed by atoms with van der Waals surface area (Å²) in [5.74, 6) is -0.388. The van der Waals surface area contributed by atoms with Gasteiger partial charge in [-0.1, -0.05) is 35.5 Å². The van der Waals surface area contributed by atoms with Gasteiger partial charge in [0, 0.05) is 11.1 Å². The molecule has 4 nitrogen and oxygen atoms in total. The summed E-state index contributed by atoms with van der Waals surface area (Å²) in [6.07, 6.45) is 0. The van der Waals surface area contributed by atoms with Crippen LogP contribution in [0.5, 0.6) is 0 Å². The third kappa shape index (κ3) is 3.38. The molecule has 1 amide bonds. The summed E-state index contributed by atoms with van der Waals surface area (Å²) in [4.78, 5) is 11.8. The predicted octanol–water partition coefficient (Wildman–Crippen LogP) is 1.78. The van der Waals surface area contributed by atoms with Crippen molar-refractivity contribution in [3.05, 3.63) is 35.9 Å². The van der Waals surface area contributed by atoms with E-state index in [9.17, 15) is 4.79 Å². The maximum absolute atomic E-state index is 11.8. The van der Waals surface area contributed by atoms with Crippen LogP contribution in [0.2, 0.25) is 0 Å². The average Bonchev–Trinajstić information content (AvgIpc) is 2.17. The number of nitrogens with one attached hydrogen (secondary N) is 1. The molecule has 0 aromatic heterocycles. The largest absolute Gasteiger partial charge is 0.410 e. The summed E-state index contributed by atoms with van der Waals surface area (Å²) in [6, 6.07) is 8.84. The van der Waals surface area contributed by atoms with E-state index in [-0.39, 0.29) is 17.2 Å². The van der Waals surface area contributed by atoms with Crippen LogP contribution >= 0.6 is 0 Å². The second kappa shape index (κ2) is 4.79. The van der Waals surface area contributed by atoms with Gasteiger partial charge in [0.2, 0.25) is 0 Å². The maximum Gasteiger partial charge on any atom is 0.274 e. The zero-order valence-electron chi connectivity index (χ0n) is 9.69. The molecule has 16 heavy (non-hydrogen) atoms. The molecule has 4 heteroatoms. The number of carbonyl (C=O) groups is 1. The fourth-order valence-corrected chi connectivity index (χ4v) is 1.23. The van der Waals surface area contributed by atoms with Crippen molar-refractivity contribution < 1.29 is 10.0 Å². The Hall–Kier alpha value is -1.84. The van der Waals surface area contributed by atoms with Crippen LogP contribution in [0.3, 0.4) is 0 Å². The van der Waals surface area contributed by atoms with Gasteiger partial charge in [0.05, 0.1) is 0 Å². The van der Waals surface area contributed by atoms with Gasteiger partial charge in [0.15, 0.2) is 5.71 Å². The first-order chi connectivity index (χ1) is 7.44. The first-order valence-corrected chi connectivity index (χ1v) is 5.04. The number of oxime groups is 1. The Balaban J connectivity index is 2.90.